The van der Waals surface area contributed by atoms with E-state index in [1.807, 2.05) is 4.90 Å². The number of sulfonamides is 1. The summed E-state index contributed by atoms with van der Waals surface area (Å²) in [5.74, 6) is -0.268. The highest BCUT2D eigenvalue weighted by atomic mass is 32.2. The van der Waals surface area contributed by atoms with Gasteiger partial charge in [0.15, 0.2) is 0 Å². The van der Waals surface area contributed by atoms with Crippen LogP contribution in [0.1, 0.15) is 11.1 Å². The van der Waals surface area contributed by atoms with E-state index in [1.165, 1.54) is 18.2 Å². The molecule has 0 radical (unpaired) electrons. The first-order valence-corrected chi connectivity index (χ1v) is 8.92. The van der Waals surface area contributed by atoms with E-state index in [1.54, 1.807) is 24.3 Å². The van der Waals surface area contributed by atoms with Gasteiger partial charge in [-0.05, 0) is 47.9 Å². The summed E-state index contributed by atoms with van der Waals surface area (Å²) in [7, 11) is -3.74. The fraction of sp³-hybridized carbons (Fsp3) is 0.250. The maximum Gasteiger partial charge on any atom is 0.573 e. The number of benzene rings is 2. The van der Waals surface area contributed by atoms with Crippen molar-refractivity contribution in [1.82, 2.24) is 0 Å². The molecule has 1 aliphatic rings. The van der Waals surface area contributed by atoms with Crippen LogP contribution in [0.4, 0.5) is 18.9 Å². The second-order valence-electron chi connectivity index (χ2n) is 5.70. The largest absolute Gasteiger partial charge is 0.573 e. The van der Waals surface area contributed by atoms with Gasteiger partial charge >= 0.3 is 6.36 Å². The number of nitrogens with zero attached hydrogens (tertiary/aromatic N) is 1. The van der Waals surface area contributed by atoms with E-state index in [-0.39, 0.29) is 10.6 Å². The van der Waals surface area contributed by atoms with Crippen LogP contribution in [0.25, 0.3) is 0 Å². The van der Waals surface area contributed by atoms with Crippen molar-refractivity contribution in [3.8, 4) is 5.75 Å². The molecule has 2 N–H and O–H groups in total. The Kier molecular flexibility index (Phi) is 4.38. The van der Waals surface area contributed by atoms with Gasteiger partial charge in [-0.25, -0.2) is 13.6 Å². The maximum absolute atomic E-state index is 12.2. The molecule has 0 bridgehead atoms. The molecular weight excluding hydrogens is 357 g/mol. The summed E-state index contributed by atoms with van der Waals surface area (Å²) >= 11 is 0. The Balaban J connectivity index is 1.74. The fourth-order valence-electron chi connectivity index (χ4n) is 2.80. The Labute approximate surface area is 142 Å². The topological polar surface area (TPSA) is 72.6 Å². The van der Waals surface area contributed by atoms with Crippen molar-refractivity contribution in [3.05, 3.63) is 53.6 Å². The van der Waals surface area contributed by atoms with Crippen LogP contribution in [0.2, 0.25) is 0 Å². The van der Waals surface area contributed by atoms with Gasteiger partial charge in [0.25, 0.3) is 0 Å². The van der Waals surface area contributed by atoms with Crippen LogP contribution in [0.5, 0.6) is 5.75 Å². The summed E-state index contributed by atoms with van der Waals surface area (Å²) < 4.78 is 63.2. The normalized spacial score (nSPS) is 14.5. The van der Waals surface area contributed by atoms with Gasteiger partial charge in [0.1, 0.15) is 5.75 Å². The van der Waals surface area contributed by atoms with E-state index in [0.717, 1.165) is 16.8 Å². The molecule has 0 saturated heterocycles. The molecule has 2 aromatic carbocycles. The molecule has 3 rings (SSSR count). The van der Waals surface area contributed by atoms with Crippen LogP contribution in [0, 0.1) is 0 Å². The van der Waals surface area contributed by atoms with Gasteiger partial charge in [0.05, 0.1) is 4.90 Å². The van der Waals surface area contributed by atoms with E-state index >= 15 is 0 Å². The Hall–Kier alpha value is -2.26. The lowest BCUT2D eigenvalue weighted by atomic mass is 10.1. The highest BCUT2D eigenvalue weighted by molar-refractivity contribution is 7.89. The monoisotopic (exact) mass is 372 g/mol. The Morgan fingerprint density at radius 2 is 1.80 bits per heavy atom. The van der Waals surface area contributed by atoms with Gasteiger partial charge in [0.2, 0.25) is 10.0 Å². The number of hydrogen-bond acceptors (Lipinski definition) is 4. The molecule has 0 atom stereocenters. The molecule has 0 spiro atoms. The minimum Gasteiger partial charge on any atom is -0.406 e. The predicted octanol–water partition coefficient (Wildman–Crippen LogP) is 2.80. The summed E-state index contributed by atoms with van der Waals surface area (Å²) in [5.41, 5.74) is 2.59. The lowest BCUT2D eigenvalue weighted by molar-refractivity contribution is -0.274. The average molecular weight is 372 g/mol. The van der Waals surface area contributed by atoms with Crippen LogP contribution >= 0.6 is 0 Å². The molecule has 9 heteroatoms. The zero-order chi connectivity index (χ0) is 18.2. The van der Waals surface area contributed by atoms with E-state index in [9.17, 15) is 21.6 Å². The number of anilines is 1. The Bertz CT molecular complexity index is 880. The first kappa shape index (κ1) is 17.6. The van der Waals surface area contributed by atoms with Crippen molar-refractivity contribution < 1.29 is 26.3 Å². The quantitative estimate of drug-likeness (QED) is 0.896. The highest BCUT2D eigenvalue weighted by Gasteiger charge is 2.31. The van der Waals surface area contributed by atoms with Gasteiger partial charge in [0, 0.05) is 18.8 Å². The SMILES string of the molecule is NS(=O)(=O)c1ccc2c(c1)CCN2Cc1ccc(OC(F)(F)F)cc1. The third-order valence-electron chi connectivity index (χ3n) is 3.90. The molecule has 0 saturated carbocycles. The number of halogens is 3. The standard InChI is InChI=1S/C16H15F3N2O3S/c17-16(18,19)24-13-3-1-11(2-4-13)10-21-8-7-12-9-14(25(20,22)23)5-6-15(12)21/h1-6,9H,7-8,10H2,(H2,20,22,23). The van der Waals surface area contributed by atoms with Crippen molar-refractivity contribution in [2.75, 3.05) is 11.4 Å². The van der Waals surface area contributed by atoms with Gasteiger partial charge in [-0.15, -0.1) is 13.2 Å². The Morgan fingerprint density at radius 3 is 2.40 bits per heavy atom. The molecule has 25 heavy (non-hydrogen) atoms. The molecule has 1 heterocycles. The first-order valence-electron chi connectivity index (χ1n) is 7.37. The minimum absolute atomic E-state index is 0.0711. The van der Waals surface area contributed by atoms with Gasteiger partial charge in [-0.2, -0.15) is 0 Å². The number of alkyl halides is 3. The summed E-state index contributed by atoms with van der Waals surface area (Å²) in [4.78, 5) is 2.10. The third-order valence-corrected chi connectivity index (χ3v) is 4.81. The van der Waals surface area contributed by atoms with Crippen LogP contribution in [0.15, 0.2) is 47.4 Å². The lowest BCUT2D eigenvalue weighted by Crippen LogP contribution is -2.20. The zero-order valence-corrected chi connectivity index (χ0v) is 13.8. The first-order chi connectivity index (χ1) is 11.6. The number of ether oxygens (including phenoxy) is 1. The number of nitrogens with two attached hydrogens (primary N) is 1. The van der Waals surface area contributed by atoms with Crippen molar-refractivity contribution in [2.24, 2.45) is 5.14 Å². The van der Waals surface area contributed by atoms with Crippen molar-refractivity contribution in [3.63, 3.8) is 0 Å². The number of primary sulfonamides is 1. The van der Waals surface area contributed by atoms with Crippen molar-refractivity contribution in [1.29, 1.82) is 0 Å². The van der Waals surface area contributed by atoms with Crippen LogP contribution in [0.3, 0.4) is 0 Å². The summed E-state index contributed by atoms with van der Waals surface area (Å²) in [5, 5.41) is 5.13. The summed E-state index contributed by atoms with van der Waals surface area (Å²) in [6.45, 7) is 1.18. The van der Waals surface area contributed by atoms with E-state index in [4.69, 9.17) is 5.14 Å². The number of hydrogen-bond donors (Lipinski definition) is 1. The van der Waals surface area contributed by atoms with Gasteiger partial charge < -0.3 is 9.64 Å². The van der Waals surface area contributed by atoms with E-state index < -0.39 is 16.4 Å². The molecule has 0 amide bonds. The molecular formula is C16H15F3N2O3S. The molecule has 0 aliphatic carbocycles. The molecule has 0 unspecified atom stereocenters. The van der Waals surface area contributed by atoms with E-state index in [0.29, 0.717) is 19.5 Å². The minimum atomic E-state index is -4.71. The molecule has 2 aromatic rings. The number of fused-ring (bicyclic) bond motifs is 1. The molecule has 134 valence electrons. The number of rotatable bonds is 4. The fourth-order valence-corrected chi connectivity index (χ4v) is 3.37. The van der Waals surface area contributed by atoms with Crippen LogP contribution < -0.4 is 14.8 Å². The molecule has 5 nitrogen and oxygen atoms in total. The third kappa shape index (κ3) is 4.23. The van der Waals surface area contributed by atoms with E-state index in [2.05, 4.69) is 4.74 Å². The Morgan fingerprint density at radius 1 is 1.12 bits per heavy atom. The second kappa shape index (κ2) is 6.23. The maximum atomic E-state index is 12.2. The van der Waals surface area contributed by atoms with Crippen LogP contribution in [-0.2, 0) is 23.0 Å². The lowest BCUT2D eigenvalue weighted by Gasteiger charge is -2.20. The summed E-state index contributed by atoms with van der Waals surface area (Å²) in [6, 6.07) is 10.4. The molecule has 0 fully saturated rings. The average Bonchev–Trinajstić information content (AvgIpc) is 2.89. The highest BCUT2D eigenvalue weighted by Crippen LogP contribution is 2.31. The smallest absolute Gasteiger partial charge is 0.406 e. The second-order valence-corrected chi connectivity index (χ2v) is 7.26. The van der Waals surface area contributed by atoms with Gasteiger partial charge in [-0.3, -0.25) is 0 Å². The molecule has 0 aromatic heterocycles. The van der Waals surface area contributed by atoms with Crippen molar-refractivity contribution in [2.45, 2.75) is 24.2 Å². The molecule has 1 aliphatic heterocycles. The predicted molar refractivity (Wildman–Crippen MR) is 85.7 cm³/mol. The van der Waals surface area contributed by atoms with Crippen LogP contribution in [-0.4, -0.2) is 21.3 Å². The van der Waals surface area contributed by atoms with Crippen molar-refractivity contribution >= 4 is 15.7 Å². The van der Waals surface area contributed by atoms with Gasteiger partial charge in [-0.1, -0.05) is 12.1 Å². The summed E-state index contributed by atoms with van der Waals surface area (Å²) in [6.07, 6.45) is -4.04. The zero-order valence-electron chi connectivity index (χ0n) is 13.0.